The standard InChI is InChI=1S/C21H20O3/c1-3-23-20(22)14-13-19-21(15(2)16-9-5-4-6-10-16)17-11-7-8-12-18(17)24-19/h4-12H,2-3,13-14H2,1H3. The Bertz CT molecular complexity index is 859. The first-order valence-electron chi connectivity index (χ1n) is 8.11. The summed E-state index contributed by atoms with van der Waals surface area (Å²) >= 11 is 0. The monoisotopic (exact) mass is 320 g/mol. The number of fused-ring (bicyclic) bond motifs is 1. The highest BCUT2D eigenvalue weighted by Gasteiger charge is 2.18. The minimum absolute atomic E-state index is 0.214. The third-order valence-corrected chi connectivity index (χ3v) is 3.95. The Balaban J connectivity index is 1.99. The molecule has 3 aromatic rings. The molecule has 0 saturated heterocycles. The molecule has 24 heavy (non-hydrogen) atoms. The molecule has 0 saturated carbocycles. The van der Waals surface area contributed by atoms with Crippen LogP contribution < -0.4 is 0 Å². The van der Waals surface area contributed by atoms with Crippen molar-refractivity contribution in [2.24, 2.45) is 0 Å². The first kappa shape index (κ1) is 16.1. The highest BCUT2D eigenvalue weighted by atomic mass is 16.5. The van der Waals surface area contributed by atoms with Crippen molar-refractivity contribution in [3.8, 4) is 0 Å². The summed E-state index contributed by atoms with van der Waals surface area (Å²) in [5, 5.41) is 1.02. The normalized spacial score (nSPS) is 10.7. The number of aryl methyl sites for hydroxylation is 1. The fourth-order valence-corrected chi connectivity index (χ4v) is 2.84. The second kappa shape index (κ2) is 7.18. The van der Waals surface area contributed by atoms with Gasteiger partial charge in [-0.1, -0.05) is 55.1 Å². The molecular formula is C21H20O3. The van der Waals surface area contributed by atoms with E-state index in [1.165, 1.54) is 0 Å². The molecule has 3 heteroatoms. The van der Waals surface area contributed by atoms with Gasteiger partial charge in [0.1, 0.15) is 11.3 Å². The number of hydrogen-bond donors (Lipinski definition) is 0. The first-order chi connectivity index (χ1) is 11.7. The van der Waals surface area contributed by atoms with Crippen LogP contribution in [0.25, 0.3) is 16.5 Å². The second-order valence-corrected chi connectivity index (χ2v) is 5.55. The fourth-order valence-electron chi connectivity index (χ4n) is 2.84. The van der Waals surface area contributed by atoms with Gasteiger partial charge in [0.15, 0.2) is 0 Å². The van der Waals surface area contributed by atoms with E-state index in [9.17, 15) is 4.79 Å². The molecule has 0 aliphatic carbocycles. The molecule has 0 amide bonds. The van der Waals surface area contributed by atoms with Gasteiger partial charge in [-0.3, -0.25) is 4.79 Å². The summed E-state index contributed by atoms with van der Waals surface area (Å²) in [5.74, 6) is 0.562. The van der Waals surface area contributed by atoms with E-state index < -0.39 is 0 Å². The average Bonchev–Trinajstić information content (AvgIpc) is 2.99. The van der Waals surface area contributed by atoms with E-state index in [0.29, 0.717) is 19.4 Å². The smallest absolute Gasteiger partial charge is 0.306 e. The topological polar surface area (TPSA) is 39.4 Å². The zero-order valence-corrected chi connectivity index (χ0v) is 13.7. The van der Waals surface area contributed by atoms with E-state index in [2.05, 4.69) is 6.58 Å². The minimum Gasteiger partial charge on any atom is -0.466 e. The molecule has 1 heterocycles. The Labute approximate surface area is 141 Å². The molecule has 0 atom stereocenters. The van der Waals surface area contributed by atoms with Crippen LogP contribution in [0.1, 0.15) is 30.2 Å². The summed E-state index contributed by atoms with van der Waals surface area (Å²) in [6, 6.07) is 17.9. The minimum atomic E-state index is -0.214. The predicted molar refractivity (Wildman–Crippen MR) is 95.7 cm³/mol. The van der Waals surface area contributed by atoms with Gasteiger partial charge in [0, 0.05) is 17.4 Å². The van der Waals surface area contributed by atoms with E-state index in [1.807, 2.05) is 61.5 Å². The second-order valence-electron chi connectivity index (χ2n) is 5.55. The van der Waals surface area contributed by atoms with Crippen molar-refractivity contribution in [1.82, 2.24) is 0 Å². The SMILES string of the molecule is C=C(c1ccccc1)c1c(CCC(=O)OCC)oc2ccccc12. The molecule has 1 aromatic heterocycles. The van der Waals surface area contributed by atoms with E-state index in [1.54, 1.807) is 0 Å². The summed E-state index contributed by atoms with van der Waals surface area (Å²) in [6.45, 7) is 6.46. The third-order valence-electron chi connectivity index (χ3n) is 3.95. The zero-order chi connectivity index (χ0) is 16.9. The molecule has 0 N–H and O–H groups in total. The van der Waals surface area contributed by atoms with Gasteiger partial charge in [-0.15, -0.1) is 0 Å². The van der Waals surface area contributed by atoms with E-state index in [0.717, 1.165) is 33.4 Å². The summed E-state index contributed by atoms with van der Waals surface area (Å²) in [4.78, 5) is 11.7. The summed E-state index contributed by atoms with van der Waals surface area (Å²) < 4.78 is 11.0. The average molecular weight is 320 g/mol. The quantitative estimate of drug-likeness (QED) is 0.601. The maximum Gasteiger partial charge on any atom is 0.306 e. The van der Waals surface area contributed by atoms with Crippen molar-refractivity contribution in [1.29, 1.82) is 0 Å². The van der Waals surface area contributed by atoms with Crippen LogP contribution in [-0.4, -0.2) is 12.6 Å². The Morgan fingerprint density at radius 2 is 1.79 bits per heavy atom. The van der Waals surface area contributed by atoms with Crippen LogP contribution in [0, 0.1) is 0 Å². The third kappa shape index (κ3) is 3.25. The predicted octanol–water partition coefficient (Wildman–Crippen LogP) is 4.99. The largest absolute Gasteiger partial charge is 0.466 e. The zero-order valence-electron chi connectivity index (χ0n) is 13.7. The van der Waals surface area contributed by atoms with Crippen LogP contribution in [0.15, 0.2) is 65.6 Å². The molecule has 0 radical (unpaired) electrons. The van der Waals surface area contributed by atoms with Crippen LogP contribution in [0.3, 0.4) is 0 Å². The van der Waals surface area contributed by atoms with Gasteiger partial charge in [-0.05, 0) is 24.1 Å². The molecule has 0 aliphatic heterocycles. The molecule has 0 aliphatic rings. The highest BCUT2D eigenvalue weighted by Crippen LogP contribution is 2.34. The van der Waals surface area contributed by atoms with Crippen LogP contribution in [0.2, 0.25) is 0 Å². The molecule has 0 spiro atoms. The summed E-state index contributed by atoms with van der Waals surface area (Å²) in [7, 11) is 0. The summed E-state index contributed by atoms with van der Waals surface area (Å²) in [6.07, 6.45) is 0.789. The highest BCUT2D eigenvalue weighted by molar-refractivity contribution is 5.96. The molecular weight excluding hydrogens is 300 g/mol. The number of furan rings is 1. The number of ether oxygens (including phenoxy) is 1. The Hall–Kier alpha value is -2.81. The van der Waals surface area contributed by atoms with Crippen LogP contribution >= 0.6 is 0 Å². The lowest BCUT2D eigenvalue weighted by Gasteiger charge is -2.07. The Morgan fingerprint density at radius 1 is 1.08 bits per heavy atom. The van der Waals surface area contributed by atoms with Crippen molar-refractivity contribution < 1.29 is 13.9 Å². The molecule has 0 bridgehead atoms. The van der Waals surface area contributed by atoms with Crippen molar-refractivity contribution in [2.45, 2.75) is 19.8 Å². The number of benzene rings is 2. The van der Waals surface area contributed by atoms with Crippen molar-refractivity contribution in [2.75, 3.05) is 6.61 Å². The van der Waals surface area contributed by atoms with Crippen LogP contribution in [-0.2, 0) is 16.0 Å². The van der Waals surface area contributed by atoms with Crippen LogP contribution in [0.4, 0.5) is 0 Å². The maximum atomic E-state index is 11.7. The lowest BCUT2D eigenvalue weighted by Crippen LogP contribution is -2.05. The lowest BCUT2D eigenvalue weighted by atomic mass is 9.95. The Kier molecular flexibility index (Phi) is 4.80. The van der Waals surface area contributed by atoms with Crippen molar-refractivity contribution in [3.05, 3.63) is 78.1 Å². The summed E-state index contributed by atoms with van der Waals surface area (Å²) in [5.41, 5.74) is 3.73. The molecule has 0 fully saturated rings. The van der Waals surface area contributed by atoms with Gasteiger partial charge in [-0.2, -0.15) is 0 Å². The fraction of sp³-hybridized carbons (Fsp3) is 0.190. The number of para-hydroxylation sites is 1. The number of carbonyl (C=O) groups is 1. The van der Waals surface area contributed by atoms with Gasteiger partial charge in [0.25, 0.3) is 0 Å². The van der Waals surface area contributed by atoms with E-state index >= 15 is 0 Å². The number of esters is 1. The van der Waals surface area contributed by atoms with Crippen LogP contribution in [0.5, 0.6) is 0 Å². The van der Waals surface area contributed by atoms with Gasteiger partial charge in [-0.25, -0.2) is 0 Å². The van der Waals surface area contributed by atoms with Crippen molar-refractivity contribution in [3.63, 3.8) is 0 Å². The maximum absolute atomic E-state index is 11.7. The van der Waals surface area contributed by atoms with Gasteiger partial charge in [0.2, 0.25) is 0 Å². The van der Waals surface area contributed by atoms with E-state index in [-0.39, 0.29) is 5.97 Å². The number of rotatable bonds is 6. The first-order valence-corrected chi connectivity index (χ1v) is 8.11. The molecule has 2 aromatic carbocycles. The molecule has 3 rings (SSSR count). The van der Waals surface area contributed by atoms with Gasteiger partial charge in [0.05, 0.1) is 13.0 Å². The molecule has 122 valence electrons. The lowest BCUT2D eigenvalue weighted by molar-refractivity contribution is -0.143. The number of hydrogen-bond acceptors (Lipinski definition) is 3. The van der Waals surface area contributed by atoms with Gasteiger partial charge >= 0.3 is 5.97 Å². The number of carbonyl (C=O) groups excluding carboxylic acids is 1. The molecule has 3 nitrogen and oxygen atoms in total. The van der Waals surface area contributed by atoms with Gasteiger partial charge < -0.3 is 9.15 Å². The Morgan fingerprint density at radius 3 is 2.54 bits per heavy atom. The molecule has 0 unspecified atom stereocenters. The van der Waals surface area contributed by atoms with Crippen molar-refractivity contribution >= 4 is 22.5 Å². The van der Waals surface area contributed by atoms with E-state index in [4.69, 9.17) is 9.15 Å².